The Kier molecular flexibility index (Phi) is 49.1. The van der Waals surface area contributed by atoms with Gasteiger partial charge in [-0.25, -0.2) is 4.57 Å². The molecule has 0 fully saturated rings. The summed E-state index contributed by atoms with van der Waals surface area (Å²) in [6.45, 7) is 2.43. The standard InChI is InChI=1S/C54H103O10P/c1-3-5-7-9-11-13-15-17-19-21-23-25-27-29-31-33-35-37-39-41-43-45-53(57)61-49-52(50-63-65(59,60)62-48-51(56)47-55)64-54(58)46-44-42-40-38-36-34-32-30-28-26-24-22-20-18-16-14-12-10-8-6-4-2/h17-20,51-52,55-56H,3-16,21-50H2,1-2H3,(H,59,60)/b19-17+,20-18+/t51-,52+/m0/s1. The zero-order valence-corrected chi connectivity index (χ0v) is 43.1. The second kappa shape index (κ2) is 50.3. The van der Waals surface area contributed by atoms with Crippen molar-refractivity contribution in [2.75, 3.05) is 26.4 Å². The summed E-state index contributed by atoms with van der Waals surface area (Å²) in [5, 5.41) is 18.4. The third-order valence-corrected chi connectivity index (χ3v) is 13.0. The molecule has 0 rings (SSSR count). The van der Waals surface area contributed by atoms with E-state index in [4.69, 9.17) is 23.6 Å². The van der Waals surface area contributed by atoms with E-state index in [0.29, 0.717) is 12.8 Å². The highest BCUT2D eigenvalue weighted by atomic mass is 31.2. The van der Waals surface area contributed by atoms with E-state index in [1.165, 1.54) is 193 Å². The summed E-state index contributed by atoms with van der Waals surface area (Å²) < 4.78 is 32.9. The third-order valence-electron chi connectivity index (χ3n) is 12.1. The van der Waals surface area contributed by atoms with Gasteiger partial charge in [0.05, 0.1) is 19.8 Å². The van der Waals surface area contributed by atoms with Crippen LogP contribution in [0.4, 0.5) is 0 Å². The van der Waals surface area contributed by atoms with Gasteiger partial charge in [0, 0.05) is 12.8 Å². The van der Waals surface area contributed by atoms with E-state index < -0.39 is 51.8 Å². The first-order valence-electron chi connectivity index (χ1n) is 27.3. The molecule has 0 saturated carbocycles. The molecular weight excluding hydrogens is 840 g/mol. The van der Waals surface area contributed by atoms with Crippen molar-refractivity contribution in [1.29, 1.82) is 0 Å². The van der Waals surface area contributed by atoms with Crippen molar-refractivity contribution in [2.24, 2.45) is 0 Å². The minimum absolute atomic E-state index is 0.186. The second-order valence-corrected chi connectivity index (χ2v) is 20.1. The number of phosphoric ester groups is 1. The molecule has 65 heavy (non-hydrogen) atoms. The molecule has 0 aromatic rings. The van der Waals surface area contributed by atoms with Crippen LogP contribution in [-0.4, -0.2) is 65.7 Å². The van der Waals surface area contributed by atoms with Gasteiger partial charge in [-0.1, -0.05) is 218 Å². The third kappa shape index (κ3) is 50.2. The fraction of sp³-hybridized carbons (Fsp3) is 0.889. The average Bonchev–Trinajstić information content (AvgIpc) is 3.30. The summed E-state index contributed by atoms with van der Waals surface area (Å²) in [7, 11) is -4.62. The van der Waals surface area contributed by atoms with E-state index in [2.05, 4.69) is 38.2 Å². The lowest BCUT2D eigenvalue weighted by Crippen LogP contribution is -2.29. The summed E-state index contributed by atoms with van der Waals surface area (Å²) >= 11 is 0. The van der Waals surface area contributed by atoms with Crippen LogP contribution in [-0.2, 0) is 32.7 Å². The summed E-state index contributed by atoms with van der Waals surface area (Å²) in [5.41, 5.74) is 0. The number of carbonyl (C=O) groups is 2. The quantitative estimate of drug-likeness (QED) is 0.0233. The van der Waals surface area contributed by atoms with Crippen LogP contribution in [0.25, 0.3) is 0 Å². The molecule has 0 heterocycles. The molecule has 0 spiro atoms. The van der Waals surface area contributed by atoms with Crippen molar-refractivity contribution < 1.29 is 47.8 Å². The van der Waals surface area contributed by atoms with E-state index in [1.807, 2.05) is 0 Å². The van der Waals surface area contributed by atoms with Crippen LogP contribution in [0.2, 0.25) is 0 Å². The largest absolute Gasteiger partial charge is 0.472 e. The molecule has 0 bridgehead atoms. The van der Waals surface area contributed by atoms with E-state index in [0.717, 1.165) is 38.5 Å². The number of unbranched alkanes of at least 4 members (excludes halogenated alkanes) is 34. The van der Waals surface area contributed by atoms with Gasteiger partial charge in [0.15, 0.2) is 6.10 Å². The Morgan fingerprint density at radius 1 is 0.446 bits per heavy atom. The summed E-state index contributed by atoms with van der Waals surface area (Å²) in [6, 6.07) is 0. The monoisotopic (exact) mass is 943 g/mol. The molecule has 0 aliphatic rings. The number of hydrogen-bond donors (Lipinski definition) is 3. The number of aliphatic hydroxyl groups is 2. The topological polar surface area (TPSA) is 149 Å². The van der Waals surface area contributed by atoms with Crippen molar-refractivity contribution in [3.8, 4) is 0 Å². The Balaban J connectivity index is 4.12. The molecule has 10 nitrogen and oxygen atoms in total. The van der Waals surface area contributed by atoms with Gasteiger partial charge in [0.2, 0.25) is 0 Å². The van der Waals surface area contributed by atoms with Crippen molar-refractivity contribution in [2.45, 2.75) is 283 Å². The van der Waals surface area contributed by atoms with Crippen LogP contribution in [0.5, 0.6) is 0 Å². The molecule has 1 unspecified atom stereocenters. The second-order valence-electron chi connectivity index (χ2n) is 18.6. The molecular formula is C54H103O10P. The minimum Gasteiger partial charge on any atom is -0.462 e. The van der Waals surface area contributed by atoms with Crippen LogP contribution >= 0.6 is 7.82 Å². The maximum absolute atomic E-state index is 12.7. The zero-order valence-electron chi connectivity index (χ0n) is 42.2. The number of esters is 2. The van der Waals surface area contributed by atoms with Crippen molar-refractivity contribution >= 4 is 19.8 Å². The van der Waals surface area contributed by atoms with E-state index in [1.54, 1.807) is 0 Å². The number of carbonyl (C=O) groups excluding carboxylic acids is 2. The highest BCUT2D eigenvalue weighted by Crippen LogP contribution is 2.43. The fourth-order valence-electron chi connectivity index (χ4n) is 7.87. The fourth-order valence-corrected chi connectivity index (χ4v) is 8.66. The molecule has 0 aromatic carbocycles. The first-order chi connectivity index (χ1) is 31.7. The smallest absolute Gasteiger partial charge is 0.462 e. The lowest BCUT2D eigenvalue weighted by Gasteiger charge is -2.20. The molecule has 0 aliphatic heterocycles. The summed E-state index contributed by atoms with van der Waals surface area (Å²) in [6.07, 6.45) is 54.3. The van der Waals surface area contributed by atoms with Gasteiger partial charge in [-0.2, -0.15) is 0 Å². The maximum atomic E-state index is 12.7. The highest BCUT2D eigenvalue weighted by molar-refractivity contribution is 7.47. The average molecular weight is 943 g/mol. The van der Waals surface area contributed by atoms with Gasteiger partial charge < -0.3 is 24.6 Å². The number of allylic oxidation sites excluding steroid dienone is 4. The Hall–Kier alpha value is -1.55. The van der Waals surface area contributed by atoms with Crippen LogP contribution in [0.1, 0.15) is 271 Å². The van der Waals surface area contributed by atoms with Crippen molar-refractivity contribution in [3.63, 3.8) is 0 Å². The number of aliphatic hydroxyl groups excluding tert-OH is 2. The summed E-state index contributed by atoms with van der Waals surface area (Å²) in [4.78, 5) is 35.2. The molecule has 3 N–H and O–H groups in total. The molecule has 0 saturated heterocycles. The number of hydrogen-bond acceptors (Lipinski definition) is 9. The summed E-state index contributed by atoms with van der Waals surface area (Å²) in [5.74, 6) is -0.912. The SMILES string of the molecule is CCCCCCCC/C=C/CCCCCCCCCCCCCC(=O)OC[C@H](COP(=O)(O)OC[C@@H](O)CO)OC(=O)CCCCCCCCCCCCC/C=C/CCCCCCCC. The molecule has 0 aliphatic carbocycles. The van der Waals surface area contributed by atoms with Crippen molar-refractivity contribution in [3.05, 3.63) is 24.3 Å². The predicted molar refractivity (Wildman–Crippen MR) is 270 cm³/mol. The molecule has 0 aromatic heterocycles. The Labute approximate surface area is 399 Å². The van der Waals surface area contributed by atoms with Gasteiger partial charge >= 0.3 is 19.8 Å². The first kappa shape index (κ1) is 63.5. The van der Waals surface area contributed by atoms with Gasteiger partial charge in [0.1, 0.15) is 12.7 Å². The van der Waals surface area contributed by atoms with Gasteiger partial charge in [-0.3, -0.25) is 18.6 Å². The lowest BCUT2D eigenvalue weighted by atomic mass is 10.0. The Morgan fingerprint density at radius 2 is 0.754 bits per heavy atom. The van der Waals surface area contributed by atoms with Crippen LogP contribution < -0.4 is 0 Å². The molecule has 11 heteroatoms. The van der Waals surface area contributed by atoms with Crippen LogP contribution in [0, 0.1) is 0 Å². The van der Waals surface area contributed by atoms with E-state index >= 15 is 0 Å². The van der Waals surface area contributed by atoms with Gasteiger partial charge in [-0.15, -0.1) is 0 Å². The van der Waals surface area contributed by atoms with Gasteiger partial charge in [-0.05, 0) is 64.2 Å². The normalized spacial score (nSPS) is 13.7. The van der Waals surface area contributed by atoms with Crippen molar-refractivity contribution in [1.82, 2.24) is 0 Å². The molecule has 384 valence electrons. The van der Waals surface area contributed by atoms with Gasteiger partial charge in [0.25, 0.3) is 0 Å². The lowest BCUT2D eigenvalue weighted by molar-refractivity contribution is -0.161. The Bertz CT molecular complexity index is 1130. The number of rotatable bonds is 52. The molecule has 0 radical (unpaired) electrons. The molecule has 3 atom stereocenters. The van der Waals surface area contributed by atoms with E-state index in [9.17, 15) is 24.2 Å². The minimum atomic E-state index is -4.62. The zero-order chi connectivity index (χ0) is 47.6. The van der Waals surface area contributed by atoms with Crippen LogP contribution in [0.15, 0.2) is 24.3 Å². The van der Waals surface area contributed by atoms with E-state index in [-0.39, 0.29) is 19.4 Å². The number of ether oxygens (including phenoxy) is 2. The number of phosphoric acid groups is 1. The van der Waals surface area contributed by atoms with Crippen LogP contribution in [0.3, 0.4) is 0 Å². The molecule has 0 amide bonds. The first-order valence-corrected chi connectivity index (χ1v) is 28.8. The predicted octanol–water partition coefficient (Wildman–Crippen LogP) is 15.7. The highest BCUT2D eigenvalue weighted by Gasteiger charge is 2.27. The maximum Gasteiger partial charge on any atom is 0.472 e. The Morgan fingerprint density at radius 3 is 1.11 bits per heavy atom.